The molecule has 2 aromatic rings. The highest BCUT2D eigenvalue weighted by Gasteiger charge is 2.65. The van der Waals surface area contributed by atoms with Crippen LogP contribution >= 0.6 is 0 Å². The molecule has 0 bridgehead atoms. The van der Waals surface area contributed by atoms with E-state index in [1.807, 2.05) is 32.9 Å². The van der Waals surface area contributed by atoms with Crippen LogP contribution in [0.2, 0.25) is 0 Å². The lowest BCUT2D eigenvalue weighted by Gasteiger charge is -2.53. The summed E-state index contributed by atoms with van der Waals surface area (Å²) in [6.45, 7) is 4.26. The fraction of sp³-hybridized carbons (Fsp3) is 0.538. The lowest BCUT2D eigenvalue weighted by molar-refractivity contribution is -0.262. The van der Waals surface area contributed by atoms with Gasteiger partial charge in [-0.1, -0.05) is 75.4 Å². The summed E-state index contributed by atoms with van der Waals surface area (Å²) in [5.74, 6) is -2.14. The number of nitrogens with two attached hydrogens (primary N) is 1. The van der Waals surface area contributed by atoms with Gasteiger partial charge in [0.05, 0.1) is 18.1 Å². The Kier molecular flexibility index (Phi) is 8.67. The van der Waals surface area contributed by atoms with Gasteiger partial charge in [-0.3, -0.25) is 5.73 Å². The molecule has 38 heavy (non-hydrogen) atoms. The summed E-state index contributed by atoms with van der Waals surface area (Å²) < 4.78 is 87.6. The van der Waals surface area contributed by atoms with Crippen molar-refractivity contribution in [3.05, 3.63) is 71.3 Å². The van der Waals surface area contributed by atoms with Gasteiger partial charge in [-0.05, 0) is 22.1 Å². The third kappa shape index (κ3) is 6.37. The first-order chi connectivity index (χ1) is 17.4. The van der Waals surface area contributed by atoms with Crippen molar-refractivity contribution in [2.24, 2.45) is 5.73 Å². The van der Waals surface area contributed by atoms with Crippen molar-refractivity contribution in [1.29, 1.82) is 0 Å². The van der Waals surface area contributed by atoms with Gasteiger partial charge in [-0.15, -0.1) is 0 Å². The van der Waals surface area contributed by atoms with Crippen molar-refractivity contribution < 1.29 is 40.9 Å². The molecule has 3 rings (SSSR count). The fourth-order valence-electron chi connectivity index (χ4n) is 4.62. The van der Waals surface area contributed by atoms with Crippen LogP contribution in [-0.4, -0.2) is 66.5 Å². The average molecular weight is 563 g/mol. The zero-order chi connectivity index (χ0) is 28.6. The molecule has 0 spiro atoms. The summed E-state index contributed by atoms with van der Waals surface area (Å²) >= 11 is 0. The largest absolute Gasteiger partial charge is 0.416 e. The molecule has 7 nitrogen and oxygen atoms in total. The minimum Gasteiger partial charge on any atom is -0.393 e. The van der Waals surface area contributed by atoms with Gasteiger partial charge in [0.2, 0.25) is 0 Å². The Balaban J connectivity index is 2.20. The SMILES string of the molecule is CC(C)(C)c1cccc(CNC2([C@H](OC(CO)C(F)(F)F)c3ccccc3)CS(=O)(=O)CC(F)C2(N)O)c1. The highest BCUT2D eigenvalue weighted by molar-refractivity contribution is 7.91. The van der Waals surface area contributed by atoms with Crippen LogP contribution < -0.4 is 11.1 Å². The maximum atomic E-state index is 15.3. The highest BCUT2D eigenvalue weighted by atomic mass is 32.2. The molecule has 0 amide bonds. The van der Waals surface area contributed by atoms with Crippen LogP contribution in [0.15, 0.2) is 54.6 Å². The molecule has 2 aromatic carbocycles. The molecule has 12 heteroatoms. The molecule has 0 aromatic heterocycles. The summed E-state index contributed by atoms with van der Waals surface area (Å²) in [7, 11) is -4.28. The summed E-state index contributed by atoms with van der Waals surface area (Å²) in [6.07, 6.45) is -12.3. The second-order valence-electron chi connectivity index (χ2n) is 10.8. The van der Waals surface area contributed by atoms with Crippen LogP contribution in [0.5, 0.6) is 0 Å². The molecular formula is C26H34F4N2O5S. The standard InChI is InChI=1S/C26H34F4N2O5S/c1-23(2,3)19-11-7-8-17(12-19)13-32-24(16-38(35,36)15-20(27)25(24,31)34)22(18-9-5-4-6-10-18)37-21(14-33)26(28,29)30/h4-12,20-22,32-34H,13-16,31H2,1-3H3/t20?,21?,22-,24?,25?/m1/s1. The Morgan fingerprint density at radius 1 is 1.13 bits per heavy atom. The Hall–Kier alpha value is -2.09. The monoisotopic (exact) mass is 562 g/mol. The molecule has 0 radical (unpaired) electrons. The second kappa shape index (κ2) is 10.8. The normalized spacial score (nSPS) is 27.6. The van der Waals surface area contributed by atoms with E-state index in [2.05, 4.69) is 5.32 Å². The van der Waals surface area contributed by atoms with Crippen LogP contribution in [0.3, 0.4) is 0 Å². The fourth-order valence-corrected chi connectivity index (χ4v) is 6.62. The Morgan fingerprint density at radius 2 is 1.76 bits per heavy atom. The predicted octanol–water partition coefficient (Wildman–Crippen LogP) is 2.91. The van der Waals surface area contributed by atoms with E-state index in [1.165, 1.54) is 24.3 Å². The first-order valence-electron chi connectivity index (χ1n) is 12.0. The van der Waals surface area contributed by atoms with E-state index in [4.69, 9.17) is 10.5 Å². The smallest absolute Gasteiger partial charge is 0.393 e. The maximum absolute atomic E-state index is 15.3. The lowest BCUT2D eigenvalue weighted by Crippen LogP contribution is -2.80. The third-order valence-electron chi connectivity index (χ3n) is 6.82. The van der Waals surface area contributed by atoms with E-state index >= 15 is 4.39 Å². The molecular weight excluding hydrogens is 528 g/mol. The van der Waals surface area contributed by atoms with Gasteiger partial charge in [-0.2, -0.15) is 13.2 Å². The topological polar surface area (TPSA) is 122 Å². The van der Waals surface area contributed by atoms with Gasteiger partial charge in [0.1, 0.15) is 11.6 Å². The Labute approximate surface area is 219 Å². The number of aliphatic hydroxyl groups excluding tert-OH is 1. The number of nitrogens with one attached hydrogen (secondary N) is 1. The van der Waals surface area contributed by atoms with E-state index in [0.29, 0.717) is 5.56 Å². The first-order valence-corrected chi connectivity index (χ1v) is 13.8. The molecule has 1 aliphatic rings. The number of benzene rings is 2. The zero-order valence-corrected chi connectivity index (χ0v) is 22.2. The third-order valence-corrected chi connectivity index (χ3v) is 8.52. The van der Waals surface area contributed by atoms with Gasteiger partial charge in [-0.25, -0.2) is 12.8 Å². The van der Waals surface area contributed by atoms with Gasteiger partial charge in [0.15, 0.2) is 27.8 Å². The number of rotatable bonds is 8. The molecule has 1 heterocycles. The highest BCUT2D eigenvalue weighted by Crippen LogP contribution is 2.44. The van der Waals surface area contributed by atoms with E-state index in [1.54, 1.807) is 18.2 Å². The van der Waals surface area contributed by atoms with Crippen molar-refractivity contribution in [2.75, 3.05) is 18.1 Å². The first kappa shape index (κ1) is 30.5. The van der Waals surface area contributed by atoms with Gasteiger partial charge >= 0.3 is 6.18 Å². The van der Waals surface area contributed by atoms with Crippen LogP contribution in [0.4, 0.5) is 17.6 Å². The number of ether oxygens (including phenoxy) is 1. The van der Waals surface area contributed by atoms with E-state index in [-0.39, 0.29) is 17.5 Å². The minimum absolute atomic E-state index is 0.000632. The van der Waals surface area contributed by atoms with E-state index in [9.17, 15) is 31.8 Å². The number of aliphatic hydroxyl groups is 2. The second-order valence-corrected chi connectivity index (χ2v) is 12.9. The van der Waals surface area contributed by atoms with Crippen molar-refractivity contribution in [2.45, 2.75) is 68.6 Å². The van der Waals surface area contributed by atoms with Gasteiger partial charge < -0.3 is 20.3 Å². The Bertz CT molecular complexity index is 1200. The molecule has 5 N–H and O–H groups in total. The van der Waals surface area contributed by atoms with Crippen molar-refractivity contribution >= 4 is 9.84 Å². The quantitative estimate of drug-likeness (QED) is 0.288. The van der Waals surface area contributed by atoms with Gasteiger partial charge in [0, 0.05) is 6.54 Å². The molecule has 1 aliphatic heterocycles. The maximum Gasteiger partial charge on any atom is 0.416 e. The zero-order valence-electron chi connectivity index (χ0n) is 21.4. The number of sulfone groups is 1. The van der Waals surface area contributed by atoms with Crippen LogP contribution in [-0.2, 0) is 26.5 Å². The van der Waals surface area contributed by atoms with E-state index in [0.717, 1.165) is 5.56 Å². The summed E-state index contributed by atoms with van der Waals surface area (Å²) in [5, 5.41) is 23.6. The van der Waals surface area contributed by atoms with Crippen molar-refractivity contribution in [1.82, 2.24) is 5.32 Å². The number of halogens is 4. The number of alkyl halides is 4. The number of hydrogen-bond acceptors (Lipinski definition) is 7. The predicted molar refractivity (Wildman–Crippen MR) is 135 cm³/mol. The molecule has 1 saturated heterocycles. The van der Waals surface area contributed by atoms with Crippen LogP contribution in [0.25, 0.3) is 0 Å². The summed E-state index contributed by atoms with van der Waals surface area (Å²) in [4.78, 5) is 0. The average Bonchev–Trinajstić information content (AvgIpc) is 2.80. The van der Waals surface area contributed by atoms with Crippen molar-refractivity contribution in [3.8, 4) is 0 Å². The van der Waals surface area contributed by atoms with Gasteiger partial charge in [0.25, 0.3) is 0 Å². The van der Waals surface area contributed by atoms with Crippen LogP contribution in [0.1, 0.15) is 43.6 Å². The molecule has 4 unspecified atom stereocenters. The van der Waals surface area contributed by atoms with Crippen LogP contribution in [0, 0.1) is 0 Å². The number of hydrogen-bond donors (Lipinski definition) is 4. The molecule has 1 fully saturated rings. The summed E-state index contributed by atoms with van der Waals surface area (Å²) in [6, 6.07) is 14.3. The molecule has 0 aliphatic carbocycles. The van der Waals surface area contributed by atoms with E-state index < -0.39 is 63.8 Å². The Morgan fingerprint density at radius 3 is 2.32 bits per heavy atom. The summed E-state index contributed by atoms with van der Waals surface area (Å²) in [5.41, 5.74) is 1.87. The molecule has 5 atom stereocenters. The van der Waals surface area contributed by atoms with Crippen molar-refractivity contribution in [3.63, 3.8) is 0 Å². The lowest BCUT2D eigenvalue weighted by atomic mass is 9.76. The minimum atomic E-state index is -5.06. The molecule has 212 valence electrons. The molecule has 0 saturated carbocycles.